The maximum absolute atomic E-state index is 2.84. The minimum absolute atomic E-state index is 0.00151. The van der Waals surface area contributed by atoms with E-state index in [1.54, 1.807) is 0 Å². The molecule has 0 atom stereocenters. The largest absolute Gasteiger partial charge is 0.377 e. The molecule has 0 bridgehead atoms. The molecule has 342 valence electrons. The van der Waals surface area contributed by atoms with Crippen LogP contribution in [-0.2, 0) is 21.7 Å². The zero-order valence-corrected chi connectivity index (χ0v) is 43.1. The summed E-state index contributed by atoms with van der Waals surface area (Å²) in [5.74, 6) is 0. The Hall–Kier alpha value is -6.77. The smallest absolute Gasteiger partial charge is 0.329 e. The van der Waals surface area contributed by atoms with E-state index in [1.807, 2.05) is 0 Å². The number of nitrogens with zero attached hydrogens (tertiary/aromatic N) is 2. The molecule has 13 rings (SSSR count). The lowest BCUT2D eigenvalue weighted by Gasteiger charge is -2.52. The molecule has 0 N–H and O–H groups in total. The van der Waals surface area contributed by atoms with Crippen LogP contribution in [0.15, 0.2) is 158 Å². The highest BCUT2D eigenvalue weighted by molar-refractivity contribution is 7.03. The molecule has 70 heavy (non-hydrogen) atoms. The third-order valence-corrected chi connectivity index (χ3v) is 16.4. The first kappa shape index (κ1) is 43.3. The lowest BCUT2D eigenvalue weighted by atomic mass is 9.30. The van der Waals surface area contributed by atoms with Gasteiger partial charge in [0.15, 0.2) is 0 Å². The van der Waals surface area contributed by atoms with Crippen molar-refractivity contribution in [3.05, 3.63) is 180 Å². The fraction of sp³-hybridized carbons (Fsp3) is 0.242. The molecule has 0 amide bonds. The van der Waals surface area contributed by atoms with Gasteiger partial charge in [0.2, 0.25) is 0 Å². The summed E-state index contributed by atoms with van der Waals surface area (Å²) in [6, 6.07) is 61.9. The zero-order chi connectivity index (χ0) is 48.6. The van der Waals surface area contributed by atoms with Crippen LogP contribution >= 0.6 is 0 Å². The van der Waals surface area contributed by atoms with Crippen LogP contribution in [-0.4, -0.2) is 13.6 Å². The average Bonchev–Trinajstić information content (AvgIpc) is 3.33. The number of benzene rings is 9. The monoisotopic (exact) mass is 905 g/mol. The first-order valence-electron chi connectivity index (χ1n) is 25.7. The van der Waals surface area contributed by atoms with Gasteiger partial charge in [-0.3, -0.25) is 0 Å². The minimum atomic E-state index is -0.0793. The molecule has 0 unspecified atom stereocenters. The molecule has 0 saturated carbocycles. The molecule has 4 aliphatic rings. The molecule has 0 aliphatic carbocycles. The molecule has 0 radical (unpaired) electrons. The molecule has 0 saturated heterocycles. The number of fused-ring (bicyclic) bond motifs is 11. The first-order chi connectivity index (χ1) is 33.3. The van der Waals surface area contributed by atoms with Gasteiger partial charge in [0.25, 0.3) is 6.71 Å². The van der Waals surface area contributed by atoms with Crippen molar-refractivity contribution < 1.29 is 0 Å². The molecular formula is C66H62B2N2. The van der Waals surface area contributed by atoms with Crippen LogP contribution in [0.4, 0.5) is 28.4 Å². The zero-order valence-electron chi connectivity index (χ0n) is 43.1. The van der Waals surface area contributed by atoms with Gasteiger partial charge in [-0.1, -0.05) is 223 Å². The van der Waals surface area contributed by atoms with E-state index in [1.165, 1.54) is 133 Å². The van der Waals surface area contributed by atoms with E-state index in [0.29, 0.717) is 0 Å². The van der Waals surface area contributed by atoms with E-state index >= 15 is 0 Å². The average molecular weight is 905 g/mol. The van der Waals surface area contributed by atoms with Gasteiger partial charge in [-0.15, -0.1) is 0 Å². The number of rotatable bonds is 2. The fourth-order valence-corrected chi connectivity index (χ4v) is 12.7. The summed E-state index contributed by atoms with van der Waals surface area (Å²) in [5.41, 5.74) is 26.7. The molecule has 0 aromatic heterocycles. The van der Waals surface area contributed by atoms with Gasteiger partial charge in [-0.2, -0.15) is 0 Å². The van der Waals surface area contributed by atoms with Gasteiger partial charge in [0, 0.05) is 44.6 Å². The molecule has 9 aromatic rings. The summed E-state index contributed by atoms with van der Waals surface area (Å²) in [4.78, 5) is 5.53. The number of anilines is 5. The highest BCUT2D eigenvalue weighted by Gasteiger charge is 2.53. The van der Waals surface area contributed by atoms with Crippen LogP contribution in [0.3, 0.4) is 0 Å². The normalized spacial score (nSPS) is 14.5. The van der Waals surface area contributed by atoms with Gasteiger partial charge < -0.3 is 9.71 Å². The van der Waals surface area contributed by atoms with Crippen LogP contribution < -0.4 is 37.0 Å². The van der Waals surface area contributed by atoms with Crippen LogP contribution in [0.25, 0.3) is 54.9 Å². The summed E-state index contributed by atoms with van der Waals surface area (Å²) >= 11 is 0. The Morgan fingerprint density at radius 2 is 0.800 bits per heavy atom. The van der Waals surface area contributed by atoms with Gasteiger partial charge in [0.1, 0.15) is 0 Å². The quantitative estimate of drug-likeness (QED) is 0.126. The third kappa shape index (κ3) is 6.07. The Morgan fingerprint density at radius 1 is 0.343 bits per heavy atom. The van der Waals surface area contributed by atoms with E-state index in [-0.39, 0.29) is 35.2 Å². The molecule has 2 nitrogen and oxygen atoms in total. The van der Waals surface area contributed by atoms with Crippen molar-refractivity contribution in [3.8, 4) is 33.4 Å². The predicted molar refractivity (Wildman–Crippen MR) is 306 cm³/mol. The molecule has 4 aliphatic heterocycles. The van der Waals surface area contributed by atoms with Crippen LogP contribution in [0.5, 0.6) is 0 Å². The number of hydrogen-bond acceptors (Lipinski definition) is 2. The van der Waals surface area contributed by atoms with Gasteiger partial charge in [-0.05, 0) is 122 Å². The van der Waals surface area contributed by atoms with Gasteiger partial charge >= 0.3 is 6.85 Å². The third-order valence-electron chi connectivity index (χ3n) is 16.4. The summed E-state index contributed by atoms with van der Waals surface area (Å²) in [6.07, 6.45) is 0. The fourth-order valence-electron chi connectivity index (χ4n) is 12.7. The molecule has 4 heterocycles. The lowest BCUT2D eigenvalue weighted by Crippen LogP contribution is -2.69. The molecule has 0 fully saturated rings. The Kier molecular flexibility index (Phi) is 8.91. The summed E-state index contributed by atoms with van der Waals surface area (Å²) in [5, 5.41) is 5.03. The van der Waals surface area contributed by atoms with Crippen LogP contribution in [0.1, 0.15) is 105 Å². The van der Waals surface area contributed by atoms with Crippen molar-refractivity contribution >= 4 is 90.9 Å². The summed E-state index contributed by atoms with van der Waals surface area (Å²) < 4.78 is 0. The van der Waals surface area contributed by atoms with Crippen molar-refractivity contribution in [1.29, 1.82) is 0 Å². The molecule has 0 spiro atoms. The van der Waals surface area contributed by atoms with Crippen LogP contribution in [0, 0.1) is 0 Å². The lowest BCUT2D eigenvalue weighted by molar-refractivity contribution is 0.590. The van der Waals surface area contributed by atoms with Crippen molar-refractivity contribution in [2.24, 2.45) is 0 Å². The maximum atomic E-state index is 2.84. The minimum Gasteiger partial charge on any atom is -0.377 e. The van der Waals surface area contributed by atoms with E-state index in [9.17, 15) is 0 Å². The Balaban J connectivity index is 1.22. The molecule has 4 heteroatoms. The molecular weight excluding hydrogens is 842 g/mol. The molecule has 9 aromatic carbocycles. The van der Waals surface area contributed by atoms with Gasteiger partial charge in [-0.25, -0.2) is 0 Å². The van der Waals surface area contributed by atoms with Crippen molar-refractivity contribution in [2.75, 3.05) is 9.71 Å². The maximum Gasteiger partial charge on any atom is 0.329 e. The Morgan fingerprint density at radius 3 is 1.36 bits per heavy atom. The summed E-state index contributed by atoms with van der Waals surface area (Å²) in [6.45, 7) is 28.5. The second kappa shape index (κ2) is 14.4. The van der Waals surface area contributed by atoms with Crippen molar-refractivity contribution in [2.45, 2.75) is 105 Å². The van der Waals surface area contributed by atoms with E-state index in [4.69, 9.17) is 0 Å². The van der Waals surface area contributed by atoms with Crippen molar-refractivity contribution in [1.82, 2.24) is 0 Å². The van der Waals surface area contributed by atoms with E-state index in [2.05, 4.69) is 251 Å². The second-order valence-electron chi connectivity index (χ2n) is 25.0. The number of hydrogen-bond donors (Lipinski definition) is 0. The van der Waals surface area contributed by atoms with E-state index < -0.39 is 0 Å². The highest BCUT2D eigenvalue weighted by atomic mass is 15.2. The first-order valence-corrected chi connectivity index (χ1v) is 25.7. The SMILES string of the molecule is CC(C)(C)c1ccc2c(c1)B1c3cc(C(C)(C)C)ccc3-c3ccc4c5c3N1c1c(cc(C(C)(C)C)cc1-2)B5c1cc(C(C)(C)C)ccc1N4c1c2ccccc2c(-c2ccccc2)c2ccccc12. The Bertz CT molecular complexity index is 3660. The second-order valence-corrected chi connectivity index (χ2v) is 25.0. The van der Waals surface area contributed by atoms with Crippen LogP contribution in [0.2, 0.25) is 0 Å². The highest BCUT2D eigenvalue weighted by Crippen LogP contribution is 2.54. The van der Waals surface area contributed by atoms with E-state index in [0.717, 1.165) is 0 Å². The summed E-state index contributed by atoms with van der Waals surface area (Å²) in [7, 11) is 0. The standard InChI is InChI=1S/C66H62B2N2/c1-63(2,3)40-26-29-44-50-31-33-57-59-62(50)70-61-51(45-30-27-41(64(4,5)6)36-53(45)68(70)52(44)35-40)34-43(66(10,11)12)38-55(61)67(59)54-37-42(65(7,8)9)28-32-56(54)69(57)60-48-24-18-16-22-46(48)58(39-20-14-13-15-21-39)47-23-17-19-25-49(47)60/h13-38H,1-12H3. The van der Waals surface area contributed by atoms with Crippen molar-refractivity contribution in [3.63, 3.8) is 0 Å². The van der Waals surface area contributed by atoms with Gasteiger partial charge in [0.05, 0.1) is 5.69 Å². The predicted octanol–water partition coefficient (Wildman–Crippen LogP) is 14.4. The topological polar surface area (TPSA) is 6.48 Å². The Labute approximate surface area is 416 Å².